The van der Waals surface area contributed by atoms with Crippen LogP contribution in [0.3, 0.4) is 0 Å². The number of nitrogens with one attached hydrogen (secondary N) is 2. The summed E-state index contributed by atoms with van der Waals surface area (Å²) in [5.74, 6) is 0.743. The third-order valence-electron chi connectivity index (χ3n) is 3.42. The lowest BCUT2D eigenvalue weighted by molar-refractivity contribution is 0.690. The highest BCUT2D eigenvalue weighted by atomic mass is 32.1. The van der Waals surface area contributed by atoms with Gasteiger partial charge in [-0.1, -0.05) is 6.92 Å². The molecule has 0 saturated carbocycles. The van der Waals surface area contributed by atoms with Gasteiger partial charge in [-0.3, -0.25) is 4.79 Å². The van der Waals surface area contributed by atoms with Crippen molar-refractivity contribution in [2.45, 2.75) is 39.2 Å². The smallest absolute Gasteiger partial charge is 0.259 e. The van der Waals surface area contributed by atoms with Gasteiger partial charge in [0, 0.05) is 4.88 Å². The molecule has 3 rings (SSSR count). The number of nitrogens with zero attached hydrogens (tertiary/aromatic N) is 1. The zero-order valence-corrected chi connectivity index (χ0v) is 11.3. The van der Waals surface area contributed by atoms with Crippen LogP contribution in [0.2, 0.25) is 0 Å². The highest BCUT2D eigenvalue weighted by molar-refractivity contribution is 7.18. The molecule has 2 aromatic heterocycles. The summed E-state index contributed by atoms with van der Waals surface area (Å²) in [6.45, 7) is 3.55. The zero-order valence-electron chi connectivity index (χ0n) is 10.5. The van der Waals surface area contributed by atoms with E-state index in [1.54, 1.807) is 11.3 Å². The molecule has 18 heavy (non-hydrogen) atoms. The molecule has 0 bridgehead atoms. The summed E-state index contributed by atoms with van der Waals surface area (Å²) in [6.07, 6.45) is 4.57. The Morgan fingerprint density at radius 1 is 1.39 bits per heavy atom. The first-order chi connectivity index (χ1) is 8.79. The van der Waals surface area contributed by atoms with E-state index in [1.165, 1.54) is 23.3 Å². The summed E-state index contributed by atoms with van der Waals surface area (Å²) in [4.78, 5) is 21.9. The van der Waals surface area contributed by atoms with Gasteiger partial charge in [-0.15, -0.1) is 11.3 Å². The van der Waals surface area contributed by atoms with Gasteiger partial charge in [0.1, 0.15) is 10.7 Å². The summed E-state index contributed by atoms with van der Waals surface area (Å²) in [5.41, 5.74) is 1.29. The summed E-state index contributed by atoms with van der Waals surface area (Å²) in [5, 5.41) is 4.03. The van der Waals surface area contributed by atoms with E-state index in [9.17, 15) is 4.79 Å². The normalized spacial score (nSPS) is 14.9. The van der Waals surface area contributed by atoms with Crippen LogP contribution >= 0.6 is 11.3 Å². The Hall–Kier alpha value is -1.20. The Labute approximate surface area is 109 Å². The minimum Gasteiger partial charge on any atom is -0.310 e. The number of hydrogen-bond donors (Lipinski definition) is 2. The van der Waals surface area contributed by atoms with Crippen molar-refractivity contribution in [1.29, 1.82) is 0 Å². The Kier molecular flexibility index (Phi) is 3.18. The molecule has 2 N–H and O–H groups in total. The van der Waals surface area contributed by atoms with Crippen LogP contribution < -0.4 is 10.9 Å². The third-order valence-corrected chi connectivity index (χ3v) is 4.60. The molecule has 0 unspecified atom stereocenters. The van der Waals surface area contributed by atoms with E-state index < -0.39 is 0 Å². The molecule has 96 valence electrons. The lowest BCUT2D eigenvalue weighted by atomic mass is 9.97. The molecule has 0 radical (unpaired) electrons. The minimum atomic E-state index is 0.0345. The predicted molar refractivity (Wildman–Crippen MR) is 74.3 cm³/mol. The topological polar surface area (TPSA) is 57.8 Å². The molecule has 0 saturated heterocycles. The average Bonchev–Trinajstić information content (AvgIpc) is 2.74. The van der Waals surface area contributed by atoms with E-state index in [1.807, 2.05) is 6.92 Å². The van der Waals surface area contributed by atoms with E-state index in [0.29, 0.717) is 6.54 Å². The molecular weight excluding hydrogens is 246 g/mol. The van der Waals surface area contributed by atoms with Crippen molar-refractivity contribution >= 4 is 21.6 Å². The number of aromatic nitrogens is 2. The first-order valence-corrected chi connectivity index (χ1v) is 7.35. The van der Waals surface area contributed by atoms with Crippen molar-refractivity contribution in [2.75, 3.05) is 6.54 Å². The molecule has 0 aromatic carbocycles. The van der Waals surface area contributed by atoms with Crippen molar-refractivity contribution in [3.63, 3.8) is 0 Å². The van der Waals surface area contributed by atoms with Crippen LogP contribution in [0.25, 0.3) is 10.2 Å². The summed E-state index contributed by atoms with van der Waals surface area (Å²) in [6, 6.07) is 0. The number of aryl methyl sites for hydroxylation is 2. The van der Waals surface area contributed by atoms with Gasteiger partial charge < -0.3 is 10.3 Å². The van der Waals surface area contributed by atoms with Gasteiger partial charge in [0.15, 0.2) is 0 Å². The van der Waals surface area contributed by atoms with Gasteiger partial charge in [0.05, 0.1) is 11.9 Å². The number of aromatic amines is 1. The van der Waals surface area contributed by atoms with Crippen LogP contribution in [0.15, 0.2) is 4.79 Å². The molecule has 1 aliphatic carbocycles. The molecule has 1 aliphatic rings. The third kappa shape index (κ3) is 1.97. The second-order valence-corrected chi connectivity index (χ2v) is 5.77. The number of hydrogen-bond acceptors (Lipinski definition) is 4. The second kappa shape index (κ2) is 4.82. The van der Waals surface area contributed by atoms with Crippen molar-refractivity contribution in [2.24, 2.45) is 0 Å². The van der Waals surface area contributed by atoms with E-state index in [-0.39, 0.29) is 5.56 Å². The van der Waals surface area contributed by atoms with Crippen LogP contribution in [0.5, 0.6) is 0 Å². The average molecular weight is 263 g/mol. The number of fused-ring (bicyclic) bond motifs is 3. The highest BCUT2D eigenvalue weighted by Gasteiger charge is 2.19. The summed E-state index contributed by atoms with van der Waals surface area (Å²) in [7, 11) is 0. The van der Waals surface area contributed by atoms with Crippen LogP contribution in [0.4, 0.5) is 0 Å². The molecule has 0 atom stereocenters. The van der Waals surface area contributed by atoms with Gasteiger partial charge in [0.2, 0.25) is 0 Å². The van der Waals surface area contributed by atoms with Crippen molar-refractivity contribution < 1.29 is 0 Å². The molecule has 2 aromatic rings. The van der Waals surface area contributed by atoms with Crippen molar-refractivity contribution in [3.05, 3.63) is 26.6 Å². The fraction of sp³-hybridized carbons (Fsp3) is 0.538. The summed E-state index contributed by atoms with van der Waals surface area (Å²) < 4.78 is 0. The fourth-order valence-corrected chi connectivity index (χ4v) is 3.82. The first-order valence-electron chi connectivity index (χ1n) is 6.53. The van der Waals surface area contributed by atoms with E-state index in [0.717, 1.165) is 35.4 Å². The maximum absolute atomic E-state index is 12.2. The molecule has 2 heterocycles. The quantitative estimate of drug-likeness (QED) is 0.890. The largest absolute Gasteiger partial charge is 0.310 e. The predicted octanol–water partition coefficient (Wildman–Crippen LogP) is 1.97. The van der Waals surface area contributed by atoms with Crippen LogP contribution in [0.1, 0.15) is 36.0 Å². The van der Waals surface area contributed by atoms with Crippen molar-refractivity contribution in [3.8, 4) is 0 Å². The maximum atomic E-state index is 12.2. The van der Waals surface area contributed by atoms with E-state index >= 15 is 0 Å². The van der Waals surface area contributed by atoms with Crippen LogP contribution in [-0.2, 0) is 19.4 Å². The van der Waals surface area contributed by atoms with Crippen LogP contribution in [0, 0.1) is 0 Å². The number of H-pyrrole nitrogens is 1. The summed E-state index contributed by atoms with van der Waals surface area (Å²) >= 11 is 1.70. The van der Waals surface area contributed by atoms with Gasteiger partial charge >= 0.3 is 0 Å². The second-order valence-electron chi connectivity index (χ2n) is 4.68. The van der Waals surface area contributed by atoms with Gasteiger partial charge in [-0.05, 0) is 37.8 Å². The maximum Gasteiger partial charge on any atom is 0.259 e. The monoisotopic (exact) mass is 263 g/mol. The van der Waals surface area contributed by atoms with Gasteiger partial charge in [-0.25, -0.2) is 4.98 Å². The zero-order chi connectivity index (χ0) is 12.5. The first kappa shape index (κ1) is 11.9. The standard InChI is InChI=1S/C13H17N3OS/c1-2-14-7-10-15-12(17)11-8-5-3-4-6-9(8)18-13(11)16-10/h14H,2-7H2,1H3,(H,15,16,17). The SMILES string of the molecule is CCNCc1nc2sc3c(c2c(=O)[nH]1)CCCC3. The molecule has 0 amide bonds. The Bertz CT molecular complexity index is 629. The fourth-order valence-electron chi connectivity index (χ4n) is 2.54. The lowest BCUT2D eigenvalue weighted by Gasteiger charge is -2.09. The van der Waals surface area contributed by atoms with Crippen LogP contribution in [-0.4, -0.2) is 16.5 Å². The van der Waals surface area contributed by atoms with E-state index in [2.05, 4.69) is 15.3 Å². The molecule has 4 nitrogen and oxygen atoms in total. The Balaban J connectivity index is 2.11. The number of thiophene rings is 1. The Morgan fingerprint density at radius 3 is 3.06 bits per heavy atom. The molecule has 0 spiro atoms. The lowest BCUT2D eigenvalue weighted by Crippen LogP contribution is -2.19. The molecule has 0 aliphatic heterocycles. The van der Waals surface area contributed by atoms with E-state index in [4.69, 9.17) is 0 Å². The molecule has 5 heteroatoms. The highest BCUT2D eigenvalue weighted by Crippen LogP contribution is 2.33. The minimum absolute atomic E-state index is 0.0345. The Morgan fingerprint density at radius 2 is 2.22 bits per heavy atom. The van der Waals surface area contributed by atoms with Crippen molar-refractivity contribution in [1.82, 2.24) is 15.3 Å². The molecular formula is C13H17N3OS. The molecule has 0 fully saturated rings. The van der Waals surface area contributed by atoms with Gasteiger partial charge in [0.25, 0.3) is 5.56 Å². The number of rotatable bonds is 3. The van der Waals surface area contributed by atoms with Gasteiger partial charge in [-0.2, -0.15) is 0 Å².